The van der Waals surface area contributed by atoms with Gasteiger partial charge in [-0.15, -0.1) is 15.7 Å². The van der Waals surface area contributed by atoms with E-state index in [0.29, 0.717) is 18.7 Å². The average Bonchev–Trinajstić information content (AvgIpc) is 3.32. The summed E-state index contributed by atoms with van der Waals surface area (Å²) in [6, 6.07) is 7.86. The van der Waals surface area contributed by atoms with Crippen LogP contribution in [0.1, 0.15) is 23.9 Å². The van der Waals surface area contributed by atoms with Crippen molar-refractivity contribution in [2.75, 3.05) is 18.8 Å². The molecule has 1 unspecified atom stereocenters. The standard InChI is InChI=1S/C19H18N4O3S2/c24-19(13-5-3-9-22-11-12-28(25,26)21-17(13)22)23-10-4-7-15(23)18-20-14-6-1-2-8-16(14)27-18/h1-3,5-6,8-9,15H,4,7,10-12H2. The second-order valence-corrected chi connectivity index (χ2v) is 9.81. The van der Waals surface area contributed by atoms with E-state index < -0.39 is 10.0 Å². The second-order valence-electron chi connectivity index (χ2n) is 6.99. The van der Waals surface area contributed by atoms with Gasteiger partial charge in [0.15, 0.2) is 5.84 Å². The molecule has 3 aliphatic rings. The van der Waals surface area contributed by atoms with Gasteiger partial charge < -0.3 is 9.80 Å². The van der Waals surface area contributed by atoms with Crippen molar-refractivity contribution in [1.29, 1.82) is 0 Å². The van der Waals surface area contributed by atoms with Gasteiger partial charge in [0, 0.05) is 19.3 Å². The molecule has 2 aromatic rings. The molecule has 1 atom stereocenters. The summed E-state index contributed by atoms with van der Waals surface area (Å²) in [6.45, 7) is 0.935. The maximum absolute atomic E-state index is 13.4. The number of amidine groups is 1. The summed E-state index contributed by atoms with van der Waals surface area (Å²) in [4.78, 5) is 21.6. The van der Waals surface area contributed by atoms with Crippen molar-refractivity contribution in [2.45, 2.75) is 18.9 Å². The normalized spacial score (nSPS) is 23.5. The van der Waals surface area contributed by atoms with Crippen molar-refractivity contribution < 1.29 is 13.2 Å². The number of allylic oxidation sites excluding steroid dienone is 2. The molecule has 3 aliphatic heterocycles. The van der Waals surface area contributed by atoms with Crippen molar-refractivity contribution in [2.24, 2.45) is 4.40 Å². The topological polar surface area (TPSA) is 82.9 Å². The van der Waals surface area contributed by atoms with E-state index in [1.54, 1.807) is 34.6 Å². The van der Waals surface area contributed by atoms with Crippen LogP contribution in [0.5, 0.6) is 0 Å². The number of carbonyl (C=O) groups excluding carboxylic acids is 1. The number of fused-ring (bicyclic) bond motifs is 2. The van der Waals surface area contributed by atoms with Crippen LogP contribution in [0, 0.1) is 0 Å². The Hall–Kier alpha value is -2.52. The first kappa shape index (κ1) is 17.6. The van der Waals surface area contributed by atoms with Crippen LogP contribution < -0.4 is 0 Å². The number of likely N-dealkylation sites (tertiary alicyclic amines) is 1. The Labute approximate surface area is 166 Å². The molecule has 5 rings (SSSR count). The van der Waals surface area contributed by atoms with Crippen LogP contribution in [-0.4, -0.2) is 53.8 Å². The van der Waals surface area contributed by atoms with Crippen LogP contribution in [-0.2, 0) is 14.8 Å². The molecule has 0 bridgehead atoms. The van der Waals surface area contributed by atoms with Gasteiger partial charge in [0.1, 0.15) is 5.01 Å². The number of rotatable bonds is 2. The number of hydrogen-bond donors (Lipinski definition) is 0. The van der Waals surface area contributed by atoms with Crippen molar-refractivity contribution in [3.63, 3.8) is 0 Å². The van der Waals surface area contributed by atoms with Gasteiger partial charge in [-0.3, -0.25) is 4.79 Å². The first-order valence-electron chi connectivity index (χ1n) is 9.16. The summed E-state index contributed by atoms with van der Waals surface area (Å²) in [5.74, 6) is 0.000959. The molecule has 1 aromatic heterocycles. The minimum Gasteiger partial charge on any atom is -0.331 e. The molecule has 1 amide bonds. The molecule has 0 N–H and O–H groups in total. The lowest BCUT2D eigenvalue weighted by molar-refractivity contribution is -0.127. The lowest BCUT2D eigenvalue weighted by Gasteiger charge is -2.31. The summed E-state index contributed by atoms with van der Waals surface area (Å²) < 4.78 is 28.9. The molecule has 4 heterocycles. The van der Waals surface area contributed by atoms with Gasteiger partial charge in [0.25, 0.3) is 15.9 Å². The fourth-order valence-corrected chi connectivity index (χ4v) is 5.94. The first-order chi connectivity index (χ1) is 13.5. The monoisotopic (exact) mass is 414 g/mol. The first-order valence-corrected chi connectivity index (χ1v) is 11.6. The lowest BCUT2D eigenvalue weighted by atomic mass is 10.1. The Balaban J connectivity index is 1.49. The zero-order valence-corrected chi connectivity index (χ0v) is 16.6. The molecule has 7 nitrogen and oxygen atoms in total. The Morgan fingerprint density at radius 3 is 2.93 bits per heavy atom. The zero-order valence-electron chi connectivity index (χ0n) is 15.0. The summed E-state index contributed by atoms with van der Waals surface area (Å²) in [6.07, 6.45) is 6.94. The number of aromatic nitrogens is 1. The van der Waals surface area contributed by atoms with E-state index in [0.717, 1.165) is 28.1 Å². The van der Waals surface area contributed by atoms with Crippen LogP contribution in [0.2, 0.25) is 0 Å². The number of thiazole rings is 1. The van der Waals surface area contributed by atoms with Gasteiger partial charge in [-0.05, 0) is 37.1 Å². The molecule has 144 valence electrons. The maximum Gasteiger partial charge on any atom is 0.258 e. The molecule has 0 aliphatic carbocycles. The highest BCUT2D eigenvalue weighted by Gasteiger charge is 2.37. The number of benzene rings is 1. The van der Waals surface area contributed by atoms with E-state index in [4.69, 9.17) is 4.98 Å². The molecule has 0 spiro atoms. The fourth-order valence-electron chi connectivity index (χ4n) is 3.84. The molecule has 28 heavy (non-hydrogen) atoms. The van der Waals surface area contributed by atoms with Crippen LogP contribution >= 0.6 is 11.3 Å². The Morgan fingerprint density at radius 2 is 2.07 bits per heavy atom. The zero-order chi connectivity index (χ0) is 19.3. The van der Waals surface area contributed by atoms with E-state index >= 15 is 0 Å². The van der Waals surface area contributed by atoms with Crippen molar-refractivity contribution in [3.8, 4) is 0 Å². The Kier molecular flexibility index (Phi) is 4.09. The highest BCUT2D eigenvalue weighted by Crippen LogP contribution is 2.37. The number of nitrogens with zero attached hydrogens (tertiary/aromatic N) is 4. The van der Waals surface area contributed by atoms with Crippen molar-refractivity contribution >= 4 is 43.3 Å². The van der Waals surface area contributed by atoms with Crippen molar-refractivity contribution in [3.05, 3.63) is 53.2 Å². The summed E-state index contributed by atoms with van der Waals surface area (Å²) in [5, 5.41) is 0.925. The summed E-state index contributed by atoms with van der Waals surface area (Å²) in [7, 11) is -3.54. The third-order valence-corrected chi connectivity index (χ3v) is 7.48. The average molecular weight is 415 g/mol. The highest BCUT2D eigenvalue weighted by atomic mass is 32.2. The summed E-state index contributed by atoms with van der Waals surface area (Å²) in [5.41, 5.74) is 1.27. The van der Waals surface area contributed by atoms with Gasteiger partial charge in [-0.1, -0.05) is 12.1 Å². The van der Waals surface area contributed by atoms with Gasteiger partial charge in [0.05, 0.1) is 27.6 Å². The van der Waals surface area contributed by atoms with Crippen LogP contribution in [0.3, 0.4) is 0 Å². The molecule has 1 fully saturated rings. The number of para-hydroxylation sites is 1. The molecule has 0 radical (unpaired) electrons. The highest BCUT2D eigenvalue weighted by molar-refractivity contribution is 7.90. The van der Waals surface area contributed by atoms with E-state index in [2.05, 4.69) is 4.40 Å². The SMILES string of the molecule is O=C(C1=CC=CN2CCS(=O)(=O)N=C12)N1CCCC1c1nc2ccccc2s1. The minimum atomic E-state index is -3.54. The van der Waals surface area contributed by atoms with Crippen LogP contribution in [0.25, 0.3) is 10.2 Å². The fraction of sp³-hybridized carbons (Fsp3) is 0.316. The number of hydrogen-bond acceptors (Lipinski definition) is 6. The number of sulfonamides is 1. The van der Waals surface area contributed by atoms with Crippen molar-refractivity contribution in [1.82, 2.24) is 14.8 Å². The third kappa shape index (κ3) is 2.94. The van der Waals surface area contributed by atoms with Crippen LogP contribution in [0.15, 0.2) is 52.6 Å². The van der Waals surface area contributed by atoms with Gasteiger partial charge in [-0.2, -0.15) is 0 Å². The minimum absolute atomic E-state index is 0.0413. The maximum atomic E-state index is 13.4. The van der Waals surface area contributed by atoms with E-state index in [1.165, 1.54) is 0 Å². The van der Waals surface area contributed by atoms with Gasteiger partial charge in [-0.25, -0.2) is 13.4 Å². The third-order valence-electron chi connectivity index (χ3n) is 5.20. The van der Waals surface area contributed by atoms with E-state index in [1.807, 2.05) is 29.2 Å². The quantitative estimate of drug-likeness (QED) is 0.754. The van der Waals surface area contributed by atoms with Gasteiger partial charge in [0.2, 0.25) is 0 Å². The van der Waals surface area contributed by atoms with E-state index in [-0.39, 0.29) is 23.5 Å². The van der Waals surface area contributed by atoms with E-state index in [9.17, 15) is 13.2 Å². The molecular weight excluding hydrogens is 396 g/mol. The molecule has 1 saturated heterocycles. The Bertz CT molecular complexity index is 1130. The van der Waals surface area contributed by atoms with Crippen LogP contribution in [0.4, 0.5) is 0 Å². The molecule has 1 aromatic carbocycles. The smallest absolute Gasteiger partial charge is 0.258 e. The number of carbonyl (C=O) groups is 1. The predicted octanol–water partition coefficient (Wildman–Crippen LogP) is 2.46. The molecule has 9 heteroatoms. The van der Waals surface area contributed by atoms with Gasteiger partial charge >= 0.3 is 0 Å². The second kappa shape index (κ2) is 6.52. The predicted molar refractivity (Wildman–Crippen MR) is 108 cm³/mol. The number of amides is 1. The summed E-state index contributed by atoms with van der Waals surface area (Å²) >= 11 is 1.61. The molecule has 0 saturated carbocycles. The largest absolute Gasteiger partial charge is 0.331 e. The molecular formula is C19H18N4O3S2. The lowest BCUT2D eigenvalue weighted by Crippen LogP contribution is -2.43. The Morgan fingerprint density at radius 1 is 1.21 bits per heavy atom.